The second-order valence-corrected chi connectivity index (χ2v) is 11.7. The maximum absolute atomic E-state index is 13.5. The van der Waals surface area contributed by atoms with Gasteiger partial charge >= 0.3 is 0 Å². The molecule has 0 fully saturated rings. The van der Waals surface area contributed by atoms with Gasteiger partial charge in [0.25, 0.3) is 5.91 Å². The Labute approximate surface area is 212 Å². The molecule has 1 unspecified atom stereocenters. The van der Waals surface area contributed by atoms with Crippen LogP contribution in [0.5, 0.6) is 0 Å². The first-order chi connectivity index (χ1) is 17.0. The van der Waals surface area contributed by atoms with Gasteiger partial charge in [0.05, 0.1) is 4.90 Å². The predicted octanol–water partition coefficient (Wildman–Crippen LogP) is 4.01. The average Bonchev–Trinajstić information content (AvgIpc) is 2.83. The molecule has 3 aromatic rings. The standard InChI is InChI=1S/C28H31N3O4S/c1-28(2,3)30-36(34,35)23-15-13-22(14-16-23)29-26(32)25(19-20-9-5-4-6-10-20)31-18-17-21-11-7-8-12-24(21)27(31)33/h4-16,25,30H,17-19H2,1-3H3,(H,29,32). The fourth-order valence-electron chi connectivity index (χ4n) is 4.33. The van der Waals surface area contributed by atoms with Crippen LogP contribution < -0.4 is 10.0 Å². The lowest BCUT2D eigenvalue weighted by molar-refractivity contribution is -0.120. The molecule has 1 aliphatic rings. The molecule has 4 rings (SSSR count). The van der Waals surface area contributed by atoms with Gasteiger partial charge < -0.3 is 10.2 Å². The number of sulfonamides is 1. The van der Waals surface area contributed by atoms with E-state index in [1.165, 1.54) is 12.1 Å². The van der Waals surface area contributed by atoms with Crippen molar-refractivity contribution in [2.45, 2.75) is 50.1 Å². The molecule has 36 heavy (non-hydrogen) atoms. The number of nitrogens with one attached hydrogen (secondary N) is 2. The summed E-state index contributed by atoms with van der Waals surface area (Å²) in [7, 11) is -3.69. The van der Waals surface area contributed by atoms with E-state index >= 15 is 0 Å². The Morgan fingerprint density at radius 2 is 1.58 bits per heavy atom. The van der Waals surface area contributed by atoms with Gasteiger partial charge in [-0.15, -0.1) is 0 Å². The third-order valence-electron chi connectivity index (χ3n) is 5.95. The van der Waals surface area contributed by atoms with E-state index in [9.17, 15) is 18.0 Å². The second kappa shape index (κ2) is 10.2. The second-order valence-electron chi connectivity index (χ2n) is 9.98. The van der Waals surface area contributed by atoms with E-state index in [1.807, 2.05) is 48.5 Å². The Balaban J connectivity index is 1.57. The maximum Gasteiger partial charge on any atom is 0.254 e. The van der Waals surface area contributed by atoms with Crippen LogP contribution in [0.1, 0.15) is 42.3 Å². The van der Waals surface area contributed by atoms with Crippen LogP contribution >= 0.6 is 0 Å². The Kier molecular flexibility index (Phi) is 7.28. The number of rotatable bonds is 7. The third kappa shape index (κ3) is 6.01. The molecule has 0 radical (unpaired) electrons. The molecule has 0 spiro atoms. The topological polar surface area (TPSA) is 95.6 Å². The van der Waals surface area contributed by atoms with Gasteiger partial charge in [0.1, 0.15) is 6.04 Å². The average molecular weight is 506 g/mol. The van der Waals surface area contributed by atoms with Crippen molar-refractivity contribution >= 4 is 27.5 Å². The molecule has 2 amide bonds. The smallest absolute Gasteiger partial charge is 0.254 e. The molecular weight excluding hydrogens is 474 g/mol. The van der Waals surface area contributed by atoms with Crippen LogP contribution in [-0.2, 0) is 27.7 Å². The van der Waals surface area contributed by atoms with Crippen molar-refractivity contribution in [1.82, 2.24) is 9.62 Å². The molecule has 0 aromatic heterocycles. The van der Waals surface area contributed by atoms with E-state index in [-0.39, 0.29) is 16.7 Å². The summed E-state index contributed by atoms with van der Waals surface area (Å²) in [5.41, 5.74) is 2.39. The van der Waals surface area contributed by atoms with Crippen molar-refractivity contribution < 1.29 is 18.0 Å². The van der Waals surface area contributed by atoms with E-state index in [0.717, 1.165) is 11.1 Å². The number of anilines is 1. The summed E-state index contributed by atoms with van der Waals surface area (Å²) in [6, 6.07) is 22.4. The molecule has 188 valence electrons. The first kappa shape index (κ1) is 25.6. The lowest BCUT2D eigenvalue weighted by Gasteiger charge is -2.35. The van der Waals surface area contributed by atoms with Gasteiger partial charge in [-0.1, -0.05) is 48.5 Å². The molecule has 8 heteroatoms. The van der Waals surface area contributed by atoms with Crippen molar-refractivity contribution in [2.75, 3.05) is 11.9 Å². The zero-order valence-corrected chi connectivity index (χ0v) is 21.5. The lowest BCUT2D eigenvalue weighted by atomic mass is 9.95. The third-order valence-corrected chi connectivity index (χ3v) is 7.73. The van der Waals surface area contributed by atoms with E-state index in [0.29, 0.717) is 30.6 Å². The number of benzene rings is 3. The highest BCUT2D eigenvalue weighted by molar-refractivity contribution is 7.89. The van der Waals surface area contributed by atoms with Crippen LogP contribution in [0, 0.1) is 0 Å². The minimum absolute atomic E-state index is 0.110. The minimum atomic E-state index is -3.69. The van der Waals surface area contributed by atoms with E-state index < -0.39 is 21.6 Å². The molecular formula is C28H31N3O4S. The monoisotopic (exact) mass is 505 g/mol. The Bertz CT molecular complexity index is 1350. The molecule has 1 atom stereocenters. The van der Waals surface area contributed by atoms with Gasteiger partial charge in [-0.25, -0.2) is 13.1 Å². The Morgan fingerprint density at radius 3 is 2.25 bits per heavy atom. The molecule has 0 saturated carbocycles. The predicted molar refractivity (Wildman–Crippen MR) is 140 cm³/mol. The van der Waals surface area contributed by atoms with E-state index in [2.05, 4.69) is 10.0 Å². The fraction of sp³-hybridized carbons (Fsp3) is 0.286. The summed E-state index contributed by atoms with van der Waals surface area (Å²) < 4.78 is 27.8. The molecule has 0 aliphatic carbocycles. The quantitative estimate of drug-likeness (QED) is 0.507. The summed E-state index contributed by atoms with van der Waals surface area (Å²) in [5.74, 6) is -0.488. The van der Waals surface area contributed by atoms with Crippen LogP contribution in [-0.4, -0.2) is 43.3 Å². The van der Waals surface area contributed by atoms with Gasteiger partial charge in [-0.05, 0) is 68.7 Å². The normalized spacial score (nSPS) is 14.8. The van der Waals surface area contributed by atoms with Crippen molar-refractivity contribution in [1.29, 1.82) is 0 Å². The van der Waals surface area contributed by atoms with Crippen molar-refractivity contribution in [3.05, 3.63) is 95.6 Å². The van der Waals surface area contributed by atoms with Crippen LogP contribution in [0.2, 0.25) is 0 Å². The van der Waals surface area contributed by atoms with Crippen LogP contribution in [0.25, 0.3) is 0 Å². The highest BCUT2D eigenvalue weighted by atomic mass is 32.2. The van der Waals surface area contributed by atoms with E-state index in [1.54, 1.807) is 43.9 Å². The molecule has 0 saturated heterocycles. The summed E-state index contributed by atoms with van der Waals surface area (Å²) in [4.78, 5) is 28.6. The summed E-state index contributed by atoms with van der Waals surface area (Å²) in [6.07, 6.45) is 1.04. The van der Waals surface area contributed by atoms with Gasteiger partial charge in [-0.3, -0.25) is 9.59 Å². The number of carbonyl (C=O) groups excluding carboxylic acids is 2. The van der Waals surface area contributed by atoms with Crippen molar-refractivity contribution in [3.8, 4) is 0 Å². The lowest BCUT2D eigenvalue weighted by Crippen LogP contribution is -2.51. The van der Waals surface area contributed by atoms with E-state index in [4.69, 9.17) is 0 Å². The Morgan fingerprint density at radius 1 is 0.944 bits per heavy atom. The highest BCUT2D eigenvalue weighted by Gasteiger charge is 2.34. The number of hydrogen-bond donors (Lipinski definition) is 2. The number of nitrogens with zero attached hydrogens (tertiary/aromatic N) is 1. The molecule has 1 aliphatic heterocycles. The highest BCUT2D eigenvalue weighted by Crippen LogP contribution is 2.24. The summed E-state index contributed by atoms with van der Waals surface area (Å²) >= 11 is 0. The van der Waals surface area contributed by atoms with Crippen LogP contribution in [0.4, 0.5) is 5.69 Å². The van der Waals surface area contributed by atoms with Crippen molar-refractivity contribution in [2.24, 2.45) is 0 Å². The number of amides is 2. The maximum atomic E-state index is 13.5. The zero-order chi connectivity index (χ0) is 25.9. The van der Waals surface area contributed by atoms with Gasteiger partial charge in [-0.2, -0.15) is 0 Å². The Hall–Kier alpha value is -3.49. The van der Waals surface area contributed by atoms with Gasteiger partial charge in [0.15, 0.2) is 0 Å². The number of fused-ring (bicyclic) bond motifs is 1. The largest absolute Gasteiger partial charge is 0.326 e. The van der Waals surface area contributed by atoms with Gasteiger partial charge in [0, 0.05) is 29.8 Å². The van der Waals surface area contributed by atoms with Crippen LogP contribution in [0.3, 0.4) is 0 Å². The summed E-state index contributed by atoms with van der Waals surface area (Å²) in [5, 5.41) is 2.88. The van der Waals surface area contributed by atoms with Crippen LogP contribution in [0.15, 0.2) is 83.8 Å². The molecule has 7 nitrogen and oxygen atoms in total. The number of carbonyl (C=O) groups is 2. The van der Waals surface area contributed by atoms with Crippen molar-refractivity contribution in [3.63, 3.8) is 0 Å². The molecule has 1 heterocycles. The molecule has 0 bridgehead atoms. The minimum Gasteiger partial charge on any atom is -0.326 e. The number of hydrogen-bond acceptors (Lipinski definition) is 4. The van der Waals surface area contributed by atoms with Gasteiger partial charge in [0.2, 0.25) is 15.9 Å². The first-order valence-corrected chi connectivity index (χ1v) is 13.4. The SMILES string of the molecule is CC(C)(C)NS(=O)(=O)c1ccc(NC(=O)C(Cc2ccccc2)N2CCc3ccccc3C2=O)cc1. The molecule has 2 N–H and O–H groups in total. The fourth-order valence-corrected chi connectivity index (χ4v) is 5.75. The molecule has 3 aromatic carbocycles. The summed E-state index contributed by atoms with van der Waals surface area (Å²) in [6.45, 7) is 5.75. The zero-order valence-electron chi connectivity index (χ0n) is 20.7. The first-order valence-electron chi connectivity index (χ1n) is 11.9.